The van der Waals surface area contributed by atoms with Crippen molar-refractivity contribution < 1.29 is 18.4 Å². The van der Waals surface area contributed by atoms with Crippen molar-refractivity contribution >= 4 is 17.5 Å². The lowest BCUT2D eigenvalue weighted by molar-refractivity contribution is -0.122. The second-order valence-electron chi connectivity index (χ2n) is 11.7. The van der Waals surface area contributed by atoms with Crippen LogP contribution in [0, 0.1) is 11.8 Å². The molecule has 3 aliphatic rings. The minimum atomic E-state index is -2.68. The predicted molar refractivity (Wildman–Crippen MR) is 145 cm³/mol. The molecule has 3 heterocycles. The van der Waals surface area contributed by atoms with Crippen molar-refractivity contribution in [2.45, 2.75) is 95.1 Å². The van der Waals surface area contributed by atoms with E-state index in [2.05, 4.69) is 20.7 Å². The minimum Gasteiger partial charge on any atom is -0.349 e. The molecule has 0 radical (unpaired) electrons. The highest BCUT2D eigenvalue weighted by atomic mass is 19.3. The van der Waals surface area contributed by atoms with E-state index in [0.717, 1.165) is 43.4 Å². The summed E-state index contributed by atoms with van der Waals surface area (Å²) in [6.07, 6.45) is 10.8. The summed E-state index contributed by atoms with van der Waals surface area (Å²) in [4.78, 5) is 35.2. The fourth-order valence-electron chi connectivity index (χ4n) is 5.95. The second-order valence-corrected chi connectivity index (χ2v) is 11.7. The molecule has 0 unspecified atom stereocenters. The lowest BCUT2D eigenvalue weighted by Crippen LogP contribution is -2.37. The van der Waals surface area contributed by atoms with Gasteiger partial charge < -0.3 is 10.6 Å². The lowest BCUT2D eigenvalue weighted by Gasteiger charge is -2.33. The molecule has 3 aromatic heterocycles. The van der Waals surface area contributed by atoms with Crippen LogP contribution < -0.4 is 10.6 Å². The van der Waals surface area contributed by atoms with Crippen LogP contribution in [-0.4, -0.2) is 37.3 Å². The van der Waals surface area contributed by atoms with Gasteiger partial charge in [-0.15, -0.1) is 0 Å². The maximum absolute atomic E-state index is 14.1. The number of rotatable bonds is 10. The number of carbonyl (C=O) groups is 2. The van der Waals surface area contributed by atoms with Crippen molar-refractivity contribution in [1.29, 1.82) is 0 Å². The van der Waals surface area contributed by atoms with E-state index in [1.807, 2.05) is 13.0 Å². The quantitative estimate of drug-likeness (QED) is 0.339. The van der Waals surface area contributed by atoms with Gasteiger partial charge in [0.05, 0.1) is 41.4 Å². The number of carbonyl (C=O) groups excluding carboxylic acids is 2. The van der Waals surface area contributed by atoms with Crippen molar-refractivity contribution in [3.8, 4) is 0 Å². The molecule has 3 saturated carbocycles. The van der Waals surface area contributed by atoms with Crippen LogP contribution in [0.2, 0.25) is 0 Å². The van der Waals surface area contributed by atoms with Crippen LogP contribution in [0.15, 0.2) is 36.8 Å². The van der Waals surface area contributed by atoms with Gasteiger partial charge >= 0.3 is 0 Å². The number of nitrogens with one attached hydrogen (secondary N) is 2. The Bertz CT molecular complexity index is 1390. The van der Waals surface area contributed by atoms with Crippen LogP contribution >= 0.6 is 0 Å². The number of imidazole rings is 1. The van der Waals surface area contributed by atoms with Gasteiger partial charge in [-0.1, -0.05) is 6.92 Å². The molecule has 2 atom stereocenters. The van der Waals surface area contributed by atoms with Gasteiger partial charge in [-0.3, -0.25) is 14.6 Å². The number of amides is 2. The number of fused-ring (bicyclic) bond motifs is 1. The molecule has 0 aliphatic heterocycles. The van der Waals surface area contributed by atoms with E-state index < -0.39 is 12.0 Å². The van der Waals surface area contributed by atoms with Crippen LogP contribution in [-0.2, 0) is 4.79 Å². The van der Waals surface area contributed by atoms with E-state index in [0.29, 0.717) is 48.0 Å². The van der Waals surface area contributed by atoms with Gasteiger partial charge in [0, 0.05) is 31.4 Å². The third kappa shape index (κ3) is 5.86. The number of nitrogens with zero attached hydrogens (tertiary/aromatic N) is 4. The number of halogens is 2. The Morgan fingerprint density at radius 2 is 1.82 bits per heavy atom. The van der Waals surface area contributed by atoms with Crippen LogP contribution in [0.3, 0.4) is 0 Å². The fourth-order valence-corrected chi connectivity index (χ4v) is 5.95. The Morgan fingerprint density at radius 3 is 2.52 bits per heavy atom. The number of hydrogen-bond donors (Lipinski definition) is 2. The number of pyridine rings is 1. The van der Waals surface area contributed by atoms with Gasteiger partial charge in [-0.25, -0.2) is 18.3 Å². The second kappa shape index (κ2) is 10.9. The minimum absolute atomic E-state index is 0.0288. The fraction of sp³-hybridized carbons (Fsp3) is 0.567. The SMILES string of the molecule is CCCC(=O)N[C@@H](c1cnn2cc([C@@H](NC(=O)c3cccnc3C3CC3)C3CCC(F)(F)CC3)nc2c1)C1CC1. The summed E-state index contributed by atoms with van der Waals surface area (Å²) >= 11 is 0. The third-order valence-corrected chi connectivity index (χ3v) is 8.49. The molecular formula is C30H36F2N6O2. The average Bonchev–Trinajstić information content (AvgIpc) is 3.87. The molecule has 3 aromatic rings. The highest BCUT2D eigenvalue weighted by molar-refractivity contribution is 5.95. The smallest absolute Gasteiger partial charge is 0.253 e. The monoisotopic (exact) mass is 550 g/mol. The zero-order valence-electron chi connectivity index (χ0n) is 22.8. The van der Waals surface area contributed by atoms with Gasteiger partial charge in [-0.05, 0) is 80.5 Å². The molecule has 0 spiro atoms. The molecule has 10 heteroatoms. The molecule has 6 rings (SSSR count). The van der Waals surface area contributed by atoms with Crippen molar-refractivity contribution in [1.82, 2.24) is 30.2 Å². The first-order valence-electron chi connectivity index (χ1n) is 14.6. The molecule has 2 N–H and O–H groups in total. The normalized spacial score (nSPS) is 20.7. The van der Waals surface area contributed by atoms with Gasteiger partial charge in [0.1, 0.15) is 0 Å². The summed E-state index contributed by atoms with van der Waals surface area (Å²) in [5.41, 5.74) is 3.44. The first kappa shape index (κ1) is 26.8. The maximum atomic E-state index is 14.1. The molecule has 3 aliphatic carbocycles. The standard InChI is InChI=1S/C30H36F2N6O2/c1-2-4-25(39)36-26(18-6-7-18)21-15-24-35-23(17-38(24)34-16-21)28(20-10-12-30(31,32)13-11-20)37-29(40)22-5-3-14-33-27(22)19-8-9-19/h3,5,14-20,26,28H,2,4,6-13H2,1H3,(H,36,39)(H,37,40)/t26-,28+/m1/s1. The molecule has 2 amide bonds. The Kier molecular flexibility index (Phi) is 7.27. The molecular weight excluding hydrogens is 514 g/mol. The highest BCUT2D eigenvalue weighted by Gasteiger charge is 2.40. The maximum Gasteiger partial charge on any atom is 0.253 e. The van der Waals surface area contributed by atoms with Gasteiger partial charge in [-0.2, -0.15) is 5.10 Å². The van der Waals surface area contributed by atoms with E-state index in [1.54, 1.807) is 35.2 Å². The number of alkyl halides is 2. The molecule has 0 aromatic carbocycles. The van der Waals surface area contributed by atoms with Crippen molar-refractivity contribution in [3.05, 3.63) is 59.3 Å². The largest absolute Gasteiger partial charge is 0.349 e. The van der Waals surface area contributed by atoms with Crippen LogP contribution in [0.5, 0.6) is 0 Å². The summed E-state index contributed by atoms with van der Waals surface area (Å²) in [6, 6.07) is 4.82. The van der Waals surface area contributed by atoms with Crippen LogP contribution in [0.4, 0.5) is 8.78 Å². The Labute approximate surface area is 232 Å². The van der Waals surface area contributed by atoms with E-state index in [1.165, 1.54) is 0 Å². The first-order chi connectivity index (χ1) is 19.3. The molecule has 40 heavy (non-hydrogen) atoms. The Hall–Kier alpha value is -3.43. The lowest BCUT2D eigenvalue weighted by atomic mass is 9.81. The molecule has 0 saturated heterocycles. The molecule has 0 bridgehead atoms. The predicted octanol–water partition coefficient (Wildman–Crippen LogP) is 5.67. The van der Waals surface area contributed by atoms with Gasteiger partial charge in [0.2, 0.25) is 11.8 Å². The van der Waals surface area contributed by atoms with Gasteiger partial charge in [0.25, 0.3) is 5.91 Å². The van der Waals surface area contributed by atoms with E-state index in [-0.39, 0.29) is 36.6 Å². The number of aromatic nitrogens is 4. The summed E-state index contributed by atoms with van der Waals surface area (Å²) in [5, 5.41) is 10.9. The zero-order chi connectivity index (χ0) is 27.9. The first-order valence-corrected chi connectivity index (χ1v) is 14.6. The third-order valence-electron chi connectivity index (χ3n) is 8.49. The summed E-state index contributed by atoms with van der Waals surface area (Å²) in [7, 11) is 0. The van der Waals surface area contributed by atoms with Gasteiger partial charge in [0.15, 0.2) is 5.65 Å². The Balaban J connectivity index is 1.29. The summed E-state index contributed by atoms with van der Waals surface area (Å²) < 4.78 is 29.8. The zero-order valence-corrected chi connectivity index (χ0v) is 22.8. The van der Waals surface area contributed by atoms with Crippen molar-refractivity contribution in [2.75, 3.05) is 0 Å². The Morgan fingerprint density at radius 1 is 1.07 bits per heavy atom. The van der Waals surface area contributed by atoms with Crippen molar-refractivity contribution in [2.24, 2.45) is 11.8 Å². The molecule has 8 nitrogen and oxygen atoms in total. The van der Waals surface area contributed by atoms with Crippen LogP contribution in [0.1, 0.15) is 116 Å². The van der Waals surface area contributed by atoms with E-state index in [9.17, 15) is 18.4 Å². The number of hydrogen-bond acceptors (Lipinski definition) is 5. The summed E-state index contributed by atoms with van der Waals surface area (Å²) in [6.45, 7) is 1.98. The molecule has 3 fully saturated rings. The van der Waals surface area contributed by atoms with E-state index in [4.69, 9.17) is 4.98 Å². The van der Waals surface area contributed by atoms with Crippen molar-refractivity contribution in [3.63, 3.8) is 0 Å². The summed E-state index contributed by atoms with van der Waals surface area (Å²) in [5.74, 6) is -2.40. The molecule has 212 valence electrons. The highest BCUT2D eigenvalue weighted by Crippen LogP contribution is 2.43. The van der Waals surface area contributed by atoms with Crippen LogP contribution in [0.25, 0.3) is 5.65 Å². The van der Waals surface area contributed by atoms with E-state index >= 15 is 0 Å². The average molecular weight is 551 g/mol. The topological polar surface area (TPSA) is 101 Å².